The van der Waals surface area contributed by atoms with E-state index in [0.717, 1.165) is 16.7 Å². The Labute approximate surface area is 123 Å². The van der Waals surface area contributed by atoms with Crippen LogP contribution in [0.5, 0.6) is 5.75 Å². The van der Waals surface area contributed by atoms with Crippen LogP contribution in [0.15, 0.2) is 24.5 Å². The summed E-state index contributed by atoms with van der Waals surface area (Å²) in [5.74, 6) is 0.154. The standard InChI is InChI=1S/C16H19N3O2/c1-9(2)19-8-11(7-17-19)12-5-16(21)18-14-6-15(20)10(3)4-13(12)14/h4,6-9,12,20H,5H2,1-3H3,(H,18,21). The third kappa shape index (κ3) is 2.39. The van der Waals surface area contributed by atoms with E-state index in [9.17, 15) is 9.90 Å². The number of hydrogen-bond donors (Lipinski definition) is 2. The first-order valence-electron chi connectivity index (χ1n) is 7.13. The van der Waals surface area contributed by atoms with E-state index in [0.29, 0.717) is 12.1 Å². The fourth-order valence-electron chi connectivity index (χ4n) is 2.72. The van der Waals surface area contributed by atoms with Crippen LogP contribution in [0.3, 0.4) is 0 Å². The summed E-state index contributed by atoms with van der Waals surface area (Å²) in [6.45, 7) is 6.00. The minimum atomic E-state index is -0.0342. The minimum Gasteiger partial charge on any atom is -0.508 e. The third-order valence-electron chi connectivity index (χ3n) is 3.96. The number of carbonyl (C=O) groups is 1. The molecule has 1 aromatic heterocycles. The van der Waals surface area contributed by atoms with E-state index in [1.54, 1.807) is 6.07 Å². The van der Waals surface area contributed by atoms with E-state index in [4.69, 9.17) is 0 Å². The summed E-state index contributed by atoms with van der Waals surface area (Å²) in [7, 11) is 0. The molecule has 0 saturated heterocycles. The number of fused-ring (bicyclic) bond motifs is 1. The molecule has 1 aliphatic heterocycles. The molecule has 1 aromatic carbocycles. The number of carbonyl (C=O) groups excluding carboxylic acids is 1. The topological polar surface area (TPSA) is 67.2 Å². The molecule has 1 aliphatic rings. The Hall–Kier alpha value is -2.30. The number of aromatic nitrogens is 2. The molecule has 0 bridgehead atoms. The van der Waals surface area contributed by atoms with Crippen molar-refractivity contribution in [3.63, 3.8) is 0 Å². The summed E-state index contributed by atoms with van der Waals surface area (Å²) in [4.78, 5) is 11.9. The van der Waals surface area contributed by atoms with Gasteiger partial charge < -0.3 is 10.4 Å². The summed E-state index contributed by atoms with van der Waals surface area (Å²) in [5, 5.41) is 17.0. The molecule has 1 amide bonds. The first kappa shape index (κ1) is 13.7. The number of anilines is 1. The van der Waals surface area contributed by atoms with Crippen molar-refractivity contribution < 1.29 is 9.90 Å². The maximum Gasteiger partial charge on any atom is 0.225 e. The number of rotatable bonds is 2. The van der Waals surface area contributed by atoms with Gasteiger partial charge in [-0.2, -0.15) is 5.10 Å². The van der Waals surface area contributed by atoms with E-state index in [2.05, 4.69) is 24.3 Å². The lowest BCUT2D eigenvalue weighted by atomic mass is 9.85. The average Bonchev–Trinajstić information content (AvgIpc) is 2.89. The van der Waals surface area contributed by atoms with Gasteiger partial charge in [0.2, 0.25) is 5.91 Å². The van der Waals surface area contributed by atoms with E-state index in [1.165, 1.54) is 0 Å². The molecule has 2 heterocycles. The van der Waals surface area contributed by atoms with Gasteiger partial charge in [-0.25, -0.2) is 0 Å². The highest BCUT2D eigenvalue weighted by Crippen LogP contribution is 2.39. The van der Waals surface area contributed by atoms with Crippen molar-refractivity contribution in [1.29, 1.82) is 0 Å². The molecule has 2 aromatic rings. The van der Waals surface area contributed by atoms with E-state index in [1.807, 2.05) is 30.1 Å². The van der Waals surface area contributed by atoms with Crippen molar-refractivity contribution in [1.82, 2.24) is 9.78 Å². The zero-order chi connectivity index (χ0) is 15.1. The van der Waals surface area contributed by atoms with Crippen molar-refractivity contribution in [3.05, 3.63) is 41.2 Å². The third-order valence-corrected chi connectivity index (χ3v) is 3.96. The lowest BCUT2D eigenvalue weighted by Crippen LogP contribution is -2.23. The lowest BCUT2D eigenvalue weighted by Gasteiger charge is -2.25. The lowest BCUT2D eigenvalue weighted by molar-refractivity contribution is -0.116. The zero-order valence-corrected chi connectivity index (χ0v) is 12.4. The van der Waals surface area contributed by atoms with Gasteiger partial charge in [-0.15, -0.1) is 0 Å². The summed E-state index contributed by atoms with van der Waals surface area (Å²) >= 11 is 0. The highest BCUT2D eigenvalue weighted by molar-refractivity contribution is 5.95. The van der Waals surface area contributed by atoms with Gasteiger partial charge in [-0.3, -0.25) is 9.48 Å². The molecule has 21 heavy (non-hydrogen) atoms. The molecule has 110 valence electrons. The van der Waals surface area contributed by atoms with E-state index < -0.39 is 0 Å². The van der Waals surface area contributed by atoms with Crippen molar-refractivity contribution in [2.24, 2.45) is 0 Å². The van der Waals surface area contributed by atoms with Gasteiger partial charge in [0, 0.05) is 36.3 Å². The molecule has 5 nitrogen and oxygen atoms in total. The molecule has 0 radical (unpaired) electrons. The summed E-state index contributed by atoms with van der Waals surface area (Å²) in [6, 6.07) is 3.86. The summed E-state index contributed by atoms with van der Waals surface area (Å²) in [6.07, 6.45) is 4.23. The number of phenols is 1. The number of aromatic hydroxyl groups is 1. The van der Waals surface area contributed by atoms with Crippen molar-refractivity contribution in [2.75, 3.05) is 5.32 Å². The van der Waals surface area contributed by atoms with E-state index >= 15 is 0 Å². The fourth-order valence-corrected chi connectivity index (χ4v) is 2.72. The van der Waals surface area contributed by atoms with E-state index in [-0.39, 0.29) is 23.6 Å². The van der Waals surface area contributed by atoms with Gasteiger partial charge in [0.05, 0.1) is 6.20 Å². The smallest absolute Gasteiger partial charge is 0.225 e. The quantitative estimate of drug-likeness (QED) is 0.891. The number of nitrogens with zero attached hydrogens (tertiary/aromatic N) is 2. The molecule has 0 fully saturated rings. The highest BCUT2D eigenvalue weighted by atomic mass is 16.3. The number of phenolic OH excluding ortho intramolecular Hbond substituents is 1. The minimum absolute atomic E-state index is 0.0134. The Morgan fingerprint density at radius 2 is 2.19 bits per heavy atom. The molecule has 3 rings (SSSR count). The predicted molar refractivity (Wildman–Crippen MR) is 80.5 cm³/mol. The van der Waals surface area contributed by atoms with Crippen LogP contribution < -0.4 is 5.32 Å². The number of hydrogen-bond acceptors (Lipinski definition) is 3. The molecule has 0 aliphatic carbocycles. The van der Waals surface area contributed by atoms with Gasteiger partial charge >= 0.3 is 0 Å². The zero-order valence-electron chi connectivity index (χ0n) is 12.4. The number of nitrogens with one attached hydrogen (secondary N) is 1. The first-order chi connectivity index (χ1) is 9.95. The highest BCUT2D eigenvalue weighted by Gasteiger charge is 2.28. The number of amides is 1. The molecule has 5 heteroatoms. The monoisotopic (exact) mass is 285 g/mol. The van der Waals surface area contributed by atoms with Gasteiger partial charge in [-0.05, 0) is 43.5 Å². The van der Waals surface area contributed by atoms with Crippen molar-refractivity contribution >= 4 is 11.6 Å². The number of benzene rings is 1. The largest absolute Gasteiger partial charge is 0.508 e. The van der Waals surface area contributed by atoms with Crippen LogP contribution in [0.1, 0.15) is 48.9 Å². The Balaban J connectivity index is 2.07. The molecule has 0 saturated carbocycles. The SMILES string of the molecule is Cc1cc2c(cc1O)NC(=O)CC2c1cnn(C(C)C)c1. The molecule has 1 atom stereocenters. The first-order valence-corrected chi connectivity index (χ1v) is 7.13. The van der Waals surface area contributed by atoms with Crippen LogP contribution in [0.25, 0.3) is 0 Å². The Morgan fingerprint density at radius 1 is 1.43 bits per heavy atom. The normalized spacial score (nSPS) is 17.7. The van der Waals surface area contributed by atoms with Gasteiger partial charge in [-0.1, -0.05) is 0 Å². The Kier molecular flexibility index (Phi) is 3.20. The summed E-state index contributed by atoms with van der Waals surface area (Å²) < 4.78 is 1.90. The maximum absolute atomic E-state index is 11.9. The van der Waals surface area contributed by atoms with Gasteiger partial charge in [0.25, 0.3) is 0 Å². The molecule has 2 N–H and O–H groups in total. The van der Waals surface area contributed by atoms with Crippen LogP contribution in [0, 0.1) is 6.92 Å². The van der Waals surface area contributed by atoms with Crippen LogP contribution >= 0.6 is 0 Å². The van der Waals surface area contributed by atoms with Crippen LogP contribution in [0.4, 0.5) is 5.69 Å². The molecular formula is C16H19N3O2. The van der Waals surface area contributed by atoms with Crippen molar-refractivity contribution in [2.45, 2.75) is 39.2 Å². The molecular weight excluding hydrogens is 266 g/mol. The molecule has 0 spiro atoms. The fraction of sp³-hybridized carbons (Fsp3) is 0.375. The number of aryl methyl sites for hydroxylation is 1. The Morgan fingerprint density at radius 3 is 2.86 bits per heavy atom. The average molecular weight is 285 g/mol. The van der Waals surface area contributed by atoms with Gasteiger partial charge in [0.1, 0.15) is 5.75 Å². The van der Waals surface area contributed by atoms with Crippen LogP contribution in [0.2, 0.25) is 0 Å². The van der Waals surface area contributed by atoms with Crippen LogP contribution in [-0.2, 0) is 4.79 Å². The van der Waals surface area contributed by atoms with Gasteiger partial charge in [0.15, 0.2) is 0 Å². The van der Waals surface area contributed by atoms with Crippen LogP contribution in [-0.4, -0.2) is 20.8 Å². The van der Waals surface area contributed by atoms with Crippen molar-refractivity contribution in [3.8, 4) is 5.75 Å². The summed E-state index contributed by atoms with van der Waals surface area (Å²) in [5.41, 5.74) is 3.57. The Bertz CT molecular complexity index is 704. The second kappa shape index (κ2) is 4.91. The second-order valence-electron chi connectivity index (χ2n) is 5.88. The predicted octanol–water partition coefficient (Wildman–Crippen LogP) is 2.95. The maximum atomic E-state index is 11.9. The molecule has 1 unspecified atom stereocenters. The second-order valence-corrected chi connectivity index (χ2v) is 5.88.